The van der Waals surface area contributed by atoms with Crippen LogP contribution in [0, 0.1) is 11.8 Å². The summed E-state index contributed by atoms with van der Waals surface area (Å²) in [7, 11) is 0. The Balaban J connectivity index is 1.58. The Morgan fingerprint density at radius 1 is 1.13 bits per heavy atom. The monoisotopic (exact) mass is 210 g/mol. The third-order valence-corrected chi connectivity index (χ3v) is 3.60. The van der Waals surface area contributed by atoms with Crippen molar-refractivity contribution in [3.8, 4) is 0 Å². The first-order chi connectivity index (χ1) is 7.24. The molecule has 2 nitrogen and oxygen atoms in total. The van der Waals surface area contributed by atoms with Gasteiger partial charge in [-0.15, -0.1) is 0 Å². The van der Waals surface area contributed by atoms with Crippen LogP contribution >= 0.6 is 0 Å². The van der Waals surface area contributed by atoms with Crippen LogP contribution < -0.4 is 5.32 Å². The number of hydrogen-bond acceptors (Lipinski definition) is 2. The van der Waals surface area contributed by atoms with Crippen molar-refractivity contribution < 1.29 is 0 Å². The molecular weight excluding hydrogens is 184 g/mol. The van der Waals surface area contributed by atoms with E-state index in [2.05, 4.69) is 24.1 Å². The van der Waals surface area contributed by atoms with Crippen molar-refractivity contribution in [1.82, 2.24) is 10.2 Å². The second-order valence-corrected chi connectivity index (χ2v) is 5.82. The van der Waals surface area contributed by atoms with Gasteiger partial charge in [0, 0.05) is 12.6 Å². The van der Waals surface area contributed by atoms with Gasteiger partial charge in [0.25, 0.3) is 0 Å². The second-order valence-electron chi connectivity index (χ2n) is 5.82. The van der Waals surface area contributed by atoms with Crippen LogP contribution in [0.4, 0.5) is 0 Å². The summed E-state index contributed by atoms with van der Waals surface area (Å²) in [6.07, 6.45) is 5.66. The summed E-state index contributed by atoms with van der Waals surface area (Å²) in [5.41, 5.74) is 0. The van der Waals surface area contributed by atoms with Gasteiger partial charge in [-0.3, -0.25) is 0 Å². The number of hydrogen-bond donors (Lipinski definition) is 1. The van der Waals surface area contributed by atoms with Gasteiger partial charge in [-0.2, -0.15) is 0 Å². The maximum Gasteiger partial charge on any atom is 0.00683 e. The molecule has 0 aromatic heterocycles. The van der Waals surface area contributed by atoms with Crippen LogP contribution in [0.5, 0.6) is 0 Å². The van der Waals surface area contributed by atoms with E-state index in [1.807, 2.05) is 0 Å². The van der Waals surface area contributed by atoms with E-state index in [9.17, 15) is 0 Å². The maximum absolute atomic E-state index is 3.66. The lowest BCUT2D eigenvalue weighted by Crippen LogP contribution is -2.39. The zero-order valence-corrected chi connectivity index (χ0v) is 10.3. The fraction of sp³-hybridized carbons (Fsp3) is 1.00. The van der Waals surface area contributed by atoms with Gasteiger partial charge < -0.3 is 10.2 Å². The van der Waals surface area contributed by atoms with Gasteiger partial charge in [0.1, 0.15) is 0 Å². The summed E-state index contributed by atoms with van der Waals surface area (Å²) in [5, 5.41) is 3.66. The van der Waals surface area contributed by atoms with E-state index in [1.165, 1.54) is 51.9 Å². The van der Waals surface area contributed by atoms with E-state index in [4.69, 9.17) is 0 Å². The Labute approximate surface area is 94.4 Å². The number of nitrogens with one attached hydrogen (secondary N) is 1. The molecule has 0 spiro atoms. The highest BCUT2D eigenvalue weighted by Gasteiger charge is 2.24. The molecular formula is C13H26N2. The molecule has 1 saturated carbocycles. The van der Waals surface area contributed by atoms with Crippen molar-refractivity contribution in [2.45, 2.75) is 45.6 Å². The predicted molar refractivity (Wildman–Crippen MR) is 65.0 cm³/mol. The molecule has 1 heterocycles. The first kappa shape index (κ1) is 11.4. The first-order valence-electron chi connectivity index (χ1n) is 6.70. The third-order valence-electron chi connectivity index (χ3n) is 3.60. The van der Waals surface area contributed by atoms with E-state index in [-0.39, 0.29) is 0 Å². The third kappa shape index (κ3) is 4.12. The minimum Gasteiger partial charge on any atom is -0.314 e. The van der Waals surface area contributed by atoms with E-state index >= 15 is 0 Å². The van der Waals surface area contributed by atoms with Crippen molar-refractivity contribution in [1.29, 1.82) is 0 Å². The SMILES string of the molecule is CC(C)CN1CCC(CNC2CC2)CC1. The first-order valence-corrected chi connectivity index (χ1v) is 6.70. The van der Waals surface area contributed by atoms with Gasteiger partial charge in [0.15, 0.2) is 0 Å². The lowest BCUT2D eigenvalue weighted by Gasteiger charge is -2.33. The molecule has 2 fully saturated rings. The van der Waals surface area contributed by atoms with Gasteiger partial charge in [-0.05, 0) is 57.2 Å². The van der Waals surface area contributed by atoms with Gasteiger partial charge in [-0.1, -0.05) is 13.8 Å². The molecule has 2 rings (SSSR count). The van der Waals surface area contributed by atoms with Crippen LogP contribution in [-0.4, -0.2) is 37.1 Å². The molecule has 2 heteroatoms. The number of likely N-dealkylation sites (tertiary alicyclic amines) is 1. The normalized spacial score (nSPS) is 25.0. The average molecular weight is 210 g/mol. The van der Waals surface area contributed by atoms with Crippen LogP contribution in [0.1, 0.15) is 39.5 Å². The Bertz CT molecular complexity index is 179. The number of rotatable bonds is 5. The van der Waals surface area contributed by atoms with Crippen molar-refractivity contribution >= 4 is 0 Å². The van der Waals surface area contributed by atoms with Crippen molar-refractivity contribution in [2.24, 2.45) is 11.8 Å². The van der Waals surface area contributed by atoms with Crippen molar-refractivity contribution in [3.05, 3.63) is 0 Å². The molecule has 15 heavy (non-hydrogen) atoms. The topological polar surface area (TPSA) is 15.3 Å². The Hall–Kier alpha value is -0.0800. The Morgan fingerprint density at radius 3 is 2.33 bits per heavy atom. The molecule has 0 aromatic rings. The summed E-state index contributed by atoms with van der Waals surface area (Å²) in [4.78, 5) is 2.64. The fourth-order valence-corrected chi connectivity index (χ4v) is 2.51. The molecule has 0 radical (unpaired) electrons. The molecule has 1 aliphatic heterocycles. The van der Waals surface area contributed by atoms with Gasteiger partial charge in [0.2, 0.25) is 0 Å². The largest absolute Gasteiger partial charge is 0.314 e. The molecule has 2 aliphatic rings. The smallest absolute Gasteiger partial charge is 0.00683 e. The highest BCUT2D eigenvalue weighted by Crippen LogP contribution is 2.22. The van der Waals surface area contributed by atoms with E-state index in [0.29, 0.717) is 0 Å². The van der Waals surface area contributed by atoms with Crippen LogP contribution in [0.25, 0.3) is 0 Å². The van der Waals surface area contributed by atoms with Crippen molar-refractivity contribution in [2.75, 3.05) is 26.2 Å². The minimum absolute atomic E-state index is 0.825. The van der Waals surface area contributed by atoms with Gasteiger partial charge in [0.05, 0.1) is 0 Å². The molecule has 0 amide bonds. The highest BCUT2D eigenvalue weighted by molar-refractivity contribution is 4.83. The van der Waals surface area contributed by atoms with Crippen LogP contribution in [0.15, 0.2) is 0 Å². The molecule has 1 aliphatic carbocycles. The zero-order chi connectivity index (χ0) is 10.7. The summed E-state index contributed by atoms with van der Waals surface area (Å²) >= 11 is 0. The molecule has 88 valence electrons. The van der Waals surface area contributed by atoms with E-state index < -0.39 is 0 Å². The fourth-order valence-electron chi connectivity index (χ4n) is 2.51. The van der Waals surface area contributed by atoms with Gasteiger partial charge in [-0.25, -0.2) is 0 Å². The van der Waals surface area contributed by atoms with Crippen LogP contribution in [-0.2, 0) is 0 Å². The summed E-state index contributed by atoms with van der Waals surface area (Å²) in [6.45, 7) is 9.87. The molecule has 0 unspecified atom stereocenters. The molecule has 1 N–H and O–H groups in total. The van der Waals surface area contributed by atoms with E-state index in [0.717, 1.165) is 17.9 Å². The lowest BCUT2D eigenvalue weighted by atomic mass is 9.96. The maximum atomic E-state index is 3.66. The van der Waals surface area contributed by atoms with Crippen LogP contribution in [0.3, 0.4) is 0 Å². The molecule has 0 bridgehead atoms. The molecule has 0 atom stereocenters. The number of nitrogens with zero attached hydrogens (tertiary/aromatic N) is 1. The summed E-state index contributed by atoms with van der Waals surface area (Å²) in [6, 6.07) is 0.888. The highest BCUT2D eigenvalue weighted by atomic mass is 15.1. The number of piperidine rings is 1. The molecule has 1 saturated heterocycles. The lowest BCUT2D eigenvalue weighted by molar-refractivity contribution is 0.166. The Morgan fingerprint density at radius 2 is 1.80 bits per heavy atom. The minimum atomic E-state index is 0.825. The Kier molecular flexibility index (Phi) is 4.04. The summed E-state index contributed by atoms with van der Waals surface area (Å²) < 4.78 is 0. The van der Waals surface area contributed by atoms with Gasteiger partial charge >= 0.3 is 0 Å². The zero-order valence-electron chi connectivity index (χ0n) is 10.3. The molecule has 0 aromatic carbocycles. The van der Waals surface area contributed by atoms with Crippen LogP contribution in [0.2, 0.25) is 0 Å². The summed E-state index contributed by atoms with van der Waals surface area (Å²) in [5.74, 6) is 1.78. The van der Waals surface area contributed by atoms with Crippen molar-refractivity contribution in [3.63, 3.8) is 0 Å². The van der Waals surface area contributed by atoms with E-state index in [1.54, 1.807) is 0 Å². The predicted octanol–water partition coefficient (Wildman–Crippen LogP) is 2.11. The average Bonchev–Trinajstić information content (AvgIpc) is 2.99. The quantitative estimate of drug-likeness (QED) is 0.747. The standard InChI is InChI=1S/C13H26N2/c1-11(2)10-15-7-5-12(6-8-15)9-14-13-3-4-13/h11-14H,3-10H2,1-2H3. The second kappa shape index (κ2) is 5.31.